The second kappa shape index (κ2) is 3.76. The van der Waals surface area contributed by atoms with Crippen LogP contribution in [0, 0.1) is 5.89 Å². The number of halogens is 1. The third-order valence-corrected chi connectivity index (χ3v) is 1.66. The lowest BCUT2D eigenvalue weighted by molar-refractivity contribution is 0.386. The molecule has 2 unspecified atom stereocenters. The van der Waals surface area contributed by atoms with E-state index in [1.165, 1.54) is 0 Å². The van der Waals surface area contributed by atoms with E-state index in [1.807, 2.05) is 0 Å². The maximum Gasteiger partial charge on any atom is 0.232 e. The molecule has 0 radical (unpaired) electrons. The molecule has 0 heterocycles. The molecule has 0 N–H and O–H groups in total. The Morgan fingerprint density at radius 1 is 1.73 bits per heavy atom. The molecule has 0 amide bonds. The minimum absolute atomic E-state index is 1.18. The van der Waals surface area contributed by atoms with Crippen molar-refractivity contribution >= 4 is 19.7 Å². The van der Waals surface area contributed by atoms with Gasteiger partial charge in [0.05, 0.1) is 5.70 Å². The van der Waals surface area contributed by atoms with Crippen LogP contribution in [0.4, 0.5) is 0 Å². The zero-order valence-electron chi connectivity index (χ0n) is 15.4. The van der Waals surface area contributed by atoms with Gasteiger partial charge in [-0.25, -0.2) is 8.42 Å². The molecule has 0 saturated heterocycles. The molecule has 0 aromatic rings. The van der Waals surface area contributed by atoms with E-state index in [9.17, 15) is 8.42 Å². The molecule has 2 nitrogen and oxygen atoms in total. The molecule has 0 aromatic carbocycles. The predicted octanol–water partition coefficient (Wildman–Crippen LogP) is 2.14. The normalized spacial score (nSPS) is 68.6. The lowest BCUT2D eigenvalue weighted by Gasteiger charge is -2.19. The van der Waals surface area contributed by atoms with Crippen molar-refractivity contribution in [3.63, 3.8) is 0 Å². The molecular formula is C7H13ClO2S. The van der Waals surface area contributed by atoms with Crippen molar-refractivity contribution in [2.75, 3.05) is 5.70 Å². The first-order valence-electron chi connectivity index (χ1n) is 7.82. The lowest BCUT2D eigenvalue weighted by atomic mass is 9.91. The van der Waals surface area contributed by atoms with Gasteiger partial charge in [0.1, 0.15) is 0 Å². The highest BCUT2D eigenvalue weighted by Crippen LogP contribution is 2.25. The first-order valence-corrected chi connectivity index (χ1v) is 5.05. The van der Waals surface area contributed by atoms with Gasteiger partial charge in [-0.3, -0.25) is 0 Å². The van der Waals surface area contributed by atoms with Crippen LogP contribution in [0.1, 0.15) is 45.6 Å². The summed E-state index contributed by atoms with van der Waals surface area (Å²) in [7, 11) is -0.217. The molecule has 4 heteroatoms. The summed E-state index contributed by atoms with van der Waals surface area (Å²) in [5.74, 6) is -3.29. The van der Waals surface area contributed by atoms with Gasteiger partial charge in [0.2, 0.25) is 9.05 Å². The van der Waals surface area contributed by atoms with Crippen LogP contribution in [-0.4, -0.2) is 14.1 Å². The summed E-state index contributed by atoms with van der Waals surface area (Å²) in [6, 6.07) is 0. The molecule has 0 aromatic heterocycles. The van der Waals surface area contributed by atoms with Gasteiger partial charge >= 0.3 is 0 Å². The fraction of sp³-hybridized carbons (Fsp3) is 1.00. The average molecular weight is 207 g/mol. The van der Waals surface area contributed by atoms with E-state index in [0.717, 1.165) is 0 Å². The number of hydrogen-bond acceptors (Lipinski definition) is 2. The summed E-state index contributed by atoms with van der Waals surface area (Å²) in [5.41, 5.74) is -3.71. The minimum atomic E-state index is -5.14. The highest BCUT2D eigenvalue weighted by Gasteiger charge is 2.18. The maximum atomic E-state index is 11.4. The van der Waals surface area contributed by atoms with Crippen LogP contribution in [0.15, 0.2) is 0 Å². The smallest absolute Gasteiger partial charge is 0.212 e. The van der Waals surface area contributed by atoms with E-state index in [2.05, 4.69) is 0 Å². The van der Waals surface area contributed by atoms with Crippen molar-refractivity contribution in [2.24, 2.45) is 5.89 Å². The van der Waals surface area contributed by atoms with Gasteiger partial charge in [-0.05, 0) is 18.7 Å². The molecule has 2 atom stereocenters. The third kappa shape index (κ3) is 3.97. The highest BCUT2D eigenvalue weighted by atomic mass is 35.7. The van der Waals surface area contributed by atoms with Gasteiger partial charge in [-0.2, -0.15) is 0 Å². The van der Waals surface area contributed by atoms with Crippen LogP contribution < -0.4 is 0 Å². The van der Waals surface area contributed by atoms with Gasteiger partial charge in [0, 0.05) is 24.4 Å². The van der Waals surface area contributed by atoms with Crippen LogP contribution in [0.5, 0.6) is 0 Å². The lowest BCUT2D eigenvalue weighted by Crippen LogP contribution is -2.14. The Labute approximate surface area is 86.4 Å². The Bertz CT molecular complexity index is 546. The first kappa shape index (κ1) is 2.61. The monoisotopic (exact) mass is 206 g/mol. The zero-order valence-corrected chi connectivity index (χ0v) is 6.96. The second-order valence-corrected chi connectivity index (χ2v) is 4.12. The predicted molar refractivity (Wildman–Crippen MR) is 46.2 cm³/mol. The summed E-state index contributed by atoms with van der Waals surface area (Å²) in [6.07, 6.45) is -13.3. The molecule has 0 bridgehead atoms. The summed E-state index contributed by atoms with van der Waals surface area (Å²) in [4.78, 5) is 0. The summed E-state index contributed by atoms with van der Waals surface area (Å²) < 4.78 is 98.6. The minimum Gasteiger partial charge on any atom is -0.212 e. The third-order valence-electron chi connectivity index (χ3n) is 0.939. The van der Waals surface area contributed by atoms with Crippen LogP contribution in [-0.2, 0) is 9.05 Å². The zero-order chi connectivity index (χ0) is 17.3. The van der Waals surface area contributed by atoms with Crippen LogP contribution in [0.2, 0.25) is 0 Å². The van der Waals surface area contributed by atoms with Crippen molar-refractivity contribution in [2.45, 2.75) is 31.9 Å². The van der Waals surface area contributed by atoms with Crippen molar-refractivity contribution in [1.29, 1.82) is 0 Å². The Kier molecular flexibility index (Phi) is 0.894. The quantitative estimate of drug-likeness (QED) is 0.649. The Morgan fingerprint density at radius 2 is 2.45 bits per heavy atom. The van der Waals surface area contributed by atoms with Crippen molar-refractivity contribution in [1.82, 2.24) is 0 Å². The van der Waals surface area contributed by atoms with Gasteiger partial charge in [0.15, 0.2) is 0 Å². The number of hydrogen-bond donors (Lipinski definition) is 0. The molecule has 1 aliphatic carbocycles. The first-order chi connectivity index (χ1) is 8.88. The molecule has 66 valence electrons. The summed E-state index contributed by atoms with van der Waals surface area (Å²) in [6.45, 7) is 0. The van der Waals surface area contributed by atoms with Crippen LogP contribution in [0.25, 0.3) is 0 Å². The van der Waals surface area contributed by atoms with E-state index in [-0.39, 0.29) is 0 Å². The topological polar surface area (TPSA) is 34.1 Å². The Morgan fingerprint density at radius 3 is 3.09 bits per heavy atom. The van der Waals surface area contributed by atoms with Gasteiger partial charge < -0.3 is 0 Å². The Balaban J connectivity index is 3.67. The van der Waals surface area contributed by atoms with E-state index < -0.39 is 52.6 Å². The molecular weight excluding hydrogens is 184 g/mol. The SMILES string of the molecule is [2H]C1CC([2H])(C([2H])([2H])S(=O)(=O)Cl)C([2H])([2H])C([2H])([2H])C1([2H])[2H]. The standard InChI is InChI=1S/C7H13ClO2S/c8-11(9,10)6-7-4-2-1-3-5-7/h7H,1-6H2/i1D2,2D,3D2,5D2,6D2,7D. The van der Waals surface area contributed by atoms with Gasteiger partial charge in [0.25, 0.3) is 0 Å². The van der Waals surface area contributed by atoms with Crippen LogP contribution >= 0.6 is 10.7 Å². The van der Waals surface area contributed by atoms with Gasteiger partial charge in [-0.1, -0.05) is 19.1 Å². The molecule has 0 aliphatic heterocycles. The molecule has 1 rings (SSSR count). The second-order valence-electron chi connectivity index (χ2n) is 1.82. The van der Waals surface area contributed by atoms with E-state index in [4.69, 9.17) is 24.4 Å². The van der Waals surface area contributed by atoms with Crippen molar-refractivity contribution in [3.05, 3.63) is 0 Å². The van der Waals surface area contributed by atoms with Crippen LogP contribution in [0.3, 0.4) is 0 Å². The van der Waals surface area contributed by atoms with Gasteiger partial charge in [-0.15, -0.1) is 0 Å². The van der Waals surface area contributed by atoms with E-state index in [0.29, 0.717) is 0 Å². The maximum absolute atomic E-state index is 11.4. The molecule has 1 fully saturated rings. The fourth-order valence-electron chi connectivity index (χ4n) is 0.581. The molecule has 1 saturated carbocycles. The summed E-state index contributed by atoms with van der Waals surface area (Å²) >= 11 is 0. The van der Waals surface area contributed by atoms with Crippen molar-refractivity contribution < 1.29 is 22.1 Å². The van der Waals surface area contributed by atoms with Crippen molar-refractivity contribution in [3.8, 4) is 0 Å². The Hall–Kier alpha value is 0.240. The fourth-order valence-corrected chi connectivity index (χ4v) is 1.29. The van der Waals surface area contributed by atoms with E-state index in [1.54, 1.807) is 0 Å². The summed E-state index contributed by atoms with van der Waals surface area (Å²) in [5, 5.41) is 0. The average Bonchev–Trinajstić information content (AvgIpc) is 2.24. The molecule has 11 heavy (non-hydrogen) atoms. The number of rotatable bonds is 2. The molecule has 1 aliphatic rings. The highest BCUT2D eigenvalue weighted by molar-refractivity contribution is 8.13. The largest absolute Gasteiger partial charge is 0.232 e. The van der Waals surface area contributed by atoms with E-state index >= 15 is 0 Å². The molecule has 0 spiro atoms.